The number of hydrogen-bond donors (Lipinski definition) is 2. The minimum atomic E-state index is -4.38. The molecule has 1 unspecified atom stereocenters. The van der Waals surface area contributed by atoms with E-state index >= 15 is 0 Å². The number of alkyl halides is 3. The Morgan fingerprint density at radius 3 is 2.40 bits per heavy atom. The third-order valence-electron chi connectivity index (χ3n) is 3.81. The molecule has 0 radical (unpaired) electrons. The number of halogens is 3. The lowest BCUT2D eigenvalue weighted by Crippen LogP contribution is -2.26. The molecule has 2 aromatic rings. The number of aldehydes is 1. The number of ether oxygens (including phenoxy) is 1. The summed E-state index contributed by atoms with van der Waals surface area (Å²) < 4.78 is 41.0. The van der Waals surface area contributed by atoms with Crippen molar-refractivity contribution in [2.75, 3.05) is 19.0 Å². The Kier molecular flexibility index (Phi) is 10.4. The number of carbonyl (C=O) groups is 2. The summed E-state index contributed by atoms with van der Waals surface area (Å²) in [5.74, 6) is 0.419. The molecule has 0 saturated carbocycles. The van der Waals surface area contributed by atoms with Crippen LogP contribution in [0.25, 0.3) is 0 Å². The molecule has 0 fully saturated rings. The largest absolute Gasteiger partial charge is 0.484 e. The van der Waals surface area contributed by atoms with E-state index in [2.05, 4.69) is 20.4 Å². The smallest absolute Gasteiger partial charge is 0.422 e. The lowest BCUT2D eigenvalue weighted by Gasteiger charge is -2.15. The van der Waals surface area contributed by atoms with Gasteiger partial charge in [-0.25, -0.2) is 4.98 Å². The maximum absolute atomic E-state index is 12.3. The van der Waals surface area contributed by atoms with Gasteiger partial charge in [0, 0.05) is 25.2 Å². The maximum Gasteiger partial charge on any atom is 0.422 e. The summed E-state index contributed by atoms with van der Waals surface area (Å²) in [6, 6.07) is 9.00. The molecule has 6 nitrogen and oxygen atoms in total. The van der Waals surface area contributed by atoms with Gasteiger partial charge in [0.1, 0.15) is 17.9 Å². The van der Waals surface area contributed by atoms with Crippen LogP contribution in [0.5, 0.6) is 5.75 Å². The topological polar surface area (TPSA) is 80.3 Å². The Balaban J connectivity index is 0.000000804. The summed E-state index contributed by atoms with van der Waals surface area (Å²) in [5.41, 5.74) is 1.20. The van der Waals surface area contributed by atoms with Crippen molar-refractivity contribution in [3.63, 3.8) is 0 Å². The Morgan fingerprint density at radius 1 is 1.23 bits per heavy atom. The summed E-state index contributed by atoms with van der Waals surface area (Å²) in [5, 5.41) is 5.68. The van der Waals surface area contributed by atoms with Crippen LogP contribution in [0.4, 0.5) is 19.0 Å². The highest BCUT2D eigenvalue weighted by Gasteiger charge is 2.28. The van der Waals surface area contributed by atoms with E-state index in [4.69, 9.17) is 0 Å². The second-order valence-electron chi connectivity index (χ2n) is 6.30. The van der Waals surface area contributed by atoms with E-state index in [1.54, 1.807) is 38.2 Å². The molecule has 0 aliphatic rings. The number of nitrogens with one attached hydrogen (secondary N) is 2. The predicted octanol–water partition coefficient (Wildman–Crippen LogP) is 4.54. The molecule has 30 heavy (non-hydrogen) atoms. The van der Waals surface area contributed by atoms with Gasteiger partial charge in [0.2, 0.25) is 0 Å². The monoisotopic (exact) mass is 425 g/mol. The highest BCUT2D eigenvalue weighted by Crippen LogP contribution is 2.21. The molecule has 1 aromatic heterocycles. The van der Waals surface area contributed by atoms with Gasteiger partial charge in [0.15, 0.2) is 6.61 Å². The molecule has 164 valence electrons. The number of anilines is 1. The second kappa shape index (κ2) is 12.5. The van der Waals surface area contributed by atoms with Crippen molar-refractivity contribution in [3.8, 4) is 5.75 Å². The number of benzene rings is 1. The Hall–Kier alpha value is -3.10. The number of unbranched alkanes of at least 4 members (excludes halogenated alkanes) is 1. The van der Waals surface area contributed by atoms with Gasteiger partial charge >= 0.3 is 6.18 Å². The van der Waals surface area contributed by atoms with Gasteiger partial charge in [0.25, 0.3) is 5.91 Å². The first-order valence-corrected chi connectivity index (χ1v) is 9.38. The zero-order valence-electron chi connectivity index (χ0n) is 17.1. The fraction of sp³-hybridized carbons (Fsp3) is 0.381. The number of pyridine rings is 1. The van der Waals surface area contributed by atoms with Crippen molar-refractivity contribution in [3.05, 3.63) is 53.7 Å². The molecule has 0 aliphatic carbocycles. The first kappa shape index (κ1) is 24.9. The molecule has 2 N–H and O–H groups in total. The maximum atomic E-state index is 12.3. The number of rotatable bonds is 8. The van der Waals surface area contributed by atoms with E-state index in [1.807, 2.05) is 6.92 Å². The van der Waals surface area contributed by atoms with Crippen LogP contribution in [-0.2, 0) is 4.79 Å². The van der Waals surface area contributed by atoms with Crippen LogP contribution in [0.15, 0.2) is 42.6 Å². The number of aromatic nitrogens is 1. The molecule has 1 aromatic carbocycles. The van der Waals surface area contributed by atoms with E-state index in [0.29, 0.717) is 17.8 Å². The molecule has 2 rings (SSSR count). The second-order valence-corrected chi connectivity index (χ2v) is 6.30. The standard InChI is InChI=1S/C17H18F3N3O2.C4H8O/c1-11(23-16(24)13-7-8-22-15(9-13)21-2)12-3-5-14(6-4-12)25-10-17(18,19)20;1-2-3-4-5/h3-9,11H,10H2,1-2H3,(H,21,22)(H,23,24);4H,2-3H2,1H3. The number of nitrogens with zero attached hydrogens (tertiary/aromatic N) is 1. The van der Waals surface area contributed by atoms with E-state index in [-0.39, 0.29) is 17.7 Å². The third kappa shape index (κ3) is 9.40. The third-order valence-corrected chi connectivity index (χ3v) is 3.81. The molecule has 0 aliphatic heterocycles. The average Bonchev–Trinajstić information content (AvgIpc) is 2.73. The summed E-state index contributed by atoms with van der Waals surface area (Å²) in [6.07, 6.45) is -0.238. The van der Waals surface area contributed by atoms with Gasteiger partial charge in [-0.05, 0) is 43.2 Å². The first-order valence-electron chi connectivity index (χ1n) is 9.38. The van der Waals surface area contributed by atoms with Crippen molar-refractivity contribution >= 4 is 18.0 Å². The molecule has 0 bridgehead atoms. The van der Waals surface area contributed by atoms with Crippen molar-refractivity contribution in [2.45, 2.75) is 38.9 Å². The normalized spacial score (nSPS) is 11.5. The zero-order valence-corrected chi connectivity index (χ0v) is 17.1. The van der Waals surface area contributed by atoms with Crippen LogP contribution in [0.2, 0.25) is 0 Å². The molecule has 0 saturated heterocycles. The van der Waals surface area contributed by atoms with Gasteiger partial charge in [0.05, 0.1) is 6.04 Å². The van der Waals surface area contributed by atoms with Gasteiger partial charge < -0.3 is 20.2 Å². The highest BCUT2D eigenvalue weighted by molar-refractivity contribution is 5.95. The molecule has 1 amide bonds. The fourth-order valence-corrected chi connectivity index (χ4v) is 2.21. The van der Waals surface area contributed by atoms with Crippen LogP contribution >= 0.6 is 0 Å². The molecule has 9 heteroatoms. The Labute approximate surface area is 173 Å². The predicted molar refractivity (Wildman–Crippen MR) is 109 cm³/mol. The van der Waals surface area contributed by atoms with E-state index in [0.717, 1.165) is 18.3 Å². The van der Waals surface area contributed by atoms with Gasteiger partial charge in [-0.15, -0.1) is 0 Å². The molecule has 1 heterocycles. The zero-order chi connectivity index (χ0) is 22.6. The average molecular weight is 425 g/mol. The van der Waals surface area contributed by atoms with Crippen LogP contribution in [0.3, 0.4) is 0 Å². The van der Waals surface area contributed by atoms with Crippen molar-refractivity contribution in [2.24, 2.45) is 0 Å². The van der Waals surface area contributed by atoms with Crippen LogP contribution < -0.4 is 15.4 Å². The molecular formula is C21H26F3N3O3. The van der Waals surface area contributed by atoms with Crippen LogP contribution in [0, 0.1) is 0 Å². The Bertz CT molecular complexity index is 796. The van der Waals surface area contributed by atoms with Gasteiger partial charge in [-0.2, -0.15) is 13.2 Å². The summed E-state index contributed by atoms with van der Waals surface area (Å²) >= 11 is 0. The fourth-order valence-electron chi connectivity index (χ4n) is 2.21. The lowest BCUT2D eigenvalue weighted by molar-refractivity contribution is -0.153. The van der Waals surface area contributed by atoms with Crippen LogP contribution in [-0.4, -0.2) is 37.0 Å². The van der Waals surface area contributed by atoms with Crippen molar-refractivity contribution < 1.29 is 27.5 Å². The molecule has 1 atom stereocenters. The van der Waals surface area contributed by atoms with Crippen molar-refractivity contribution in [1.29, 1.82) is 0 Å². The Morgan fingerprint density at radius 2 is 1.90 bits per heavy atom. The SMILES string of the molecule is CCCC=O.CNc1cc(C(=O)NC(C)c2ccc(OCC(F)(F)F)cc2)ccn1. The van der Waals surface area contributed by atoms with Gasteiger partial charge in [-0.3, -0.25) is 4.79 Å². The highest BCUT2D eigenvalue weighted by atomic mass is 19.4. The number of carbonyl (C=O) groups excluding carboxylic acids is 2. The minimum absolute atomic E-state index is 0.118. The molecular weight excluding hydrogens is 399 g/mol. The molecule has 0 spiro atoms. The van der Waals surface area contributed by atoms with Gasteiger partial charge in [-0.1, -0.05) is 19.1 Å². The van der Waals surface area contributed by atoms with E-state index in [1.165, 1.54) is 18.3 Å². The van der Waals surface area contributed by atoms with E-state index in [9.17, 15) is 22.8 Å². The lowest BCUT2D eigenvalue weighted by atomic mass is 10.1. The first-order chi connectivity index (χ1) is 14.2. The minimum Gasteiger partial charge on any atom is -0.484 e. The quantitative estimate of drug-likeness (QED) is 0.607. The van der Waals surface area contributed by atoms with Crippen LogP contribution in [0.1, 0.15) is 48.7 Å². The number of hydrogen-bond acceptors (Lipinski definition) is 5. The summed E-state index contributed by atoms with van der Waals surface area (Å²) in [4.78, 5) is 25.7. The summed E-state index contributed by atoms with van der Waals surface area (Å²) in [6.45, 7) is 2.42. The number of amides is 1. The van der Waals surface area contributed by atoms with Crippen molar-refractivity contribution in [1.82, 2.24) is 10.3 Å². The summed E-state index contributed by atoms with van der Waals surface area (Å²) in [7, 11) is 1.70. The van der Waals surface area contributed by atoms with E-state index < -0.39 is 12.8 Å².